The number of benzene rings is 1. The Bertz CT molecular complexity index is 474. The first-order valence-electron chi connectivity index (χ1n) is 6.25. The number of hydrogen-bond donors (Lipinski definition) is 0. The van der Waals surface area contributed by atoms with Crippen LogP contribution in [-0.2, 0) is 5.54 Å². The lowest BCUT2D eigenvalue weighted by Gasteiger charge is -2.31. The van der Waals surface area contributed by atoms with Crippen molar-refractivity contribution in [2.75, 3.05) is 0 Å². The van der Waals surface area contributed by atoms with Gasteiger partial charge in [0.25, 0.3) is 0 Å². The summed E-state index contributed by atoms with van der Waals surface area (Å²) in [6.45, 7) is 0. The molecule has 1 aliphatic carbocycles. The smallest absolute Gasteiger partial charge is 0.195 e. The zero-order valence-electron chi connectivity index (χ0n) is 9.71. The minimum atomic E-state index is -0.716. The zero-order valence-corrected chi connectivity index (χ0v) is 9.71. The second-order valence-corrected chi connectivity index (χ2v) is 4.92. The average molecular weight is 225 g/mol. The Kier molecular flexibility index (Phi) is 2.44. The molecule has 1 heterocycles. The van der Waals surface area contributed by atoms with Crippen molar-refractivity contribution < 1.29 is 0 Å². The van der Waals surface area contributed by atoms with Crippen LogP contribution in [0.2, 0.25) is 0 Å². The summed E-state index contributed by atoms with van der Waals surface area (Å²) in [4.78, 5) is 0. The van der Waals surface area contributed by atoms with Crippen LogP contribution >= 0.6 is 0 Å². The summed E-state index contributed by atoms with van der Waals surface area (Å²) in [5.74, 6) is 0.281. The van der Waals surface area contributed by atoms with Gasteiger partial charge in [0, 0.05) is 5.92 Å². The molecule has 0 N–H and O–H groups in total. The Hall–Kier alpha value is -1.69. The first kappa shape index (κ1) is 10.5. The standard InChI is InChI=1S/C14H15N3/c15-10-14(11-6-2-1-3-7-11)12-8-4-5-9-13(12)16-17-14/h1-3,6-7,12-13H,4-5,8-9H2/t12-,13-,14-/m0/s1. The van der Waals surface area contributed by atoms with E-state index < -0.39 is 5.54 Å². The van der Waals surface area contributed by atoms with E-state index in [1.165, 1.54) is 12.8 Å². The average Bonchev–Trinajstić information content (AvgIpc) is 2.80. The lowest BCUT2D eigenvalue weighted by Crippen LogP contribution is -2.35. The number of nitriles is 1. The van der Waals surface area contributed by atoms with Gasteiger partial charge in [-0.15, -0.1) is 0 Å². The van der Waals surface area contributed by atoms with E-state index in [0.29, 0.717) is 0 Å². The van der Waals surface area contributed by atoms with Crippen LogP contribution in [0, 0.1) is 17.2 Å². The van der Waals surface area contributed by atoms with Crippen LogP contribution in [0.25, 0.3) is 0 Å². The first-order chi connectivity index (χ1) is 8.37. The third-order valence-corrected chi connectivity index (χ3v) is 4.01. The number of azo groups is 1. The fraction of sp³-hybridized carbons (Fsp3) is 0.500. The molecule has 0 spiro atoms. The SMILES string of the molecule is N#C[C@@]1(c2ccccc2)N=N[C@H]2CCCC[C@@H]21. The Morgan fingerprint density at radius 1 is 1.18 bits per heavy atom. The molecule has 3 heteroatoms. The molecule has 17 heavy (non-hydrogen) atoms. The second kappa shape index (κ2) is 3.96. The highest BCUT2D eigenvalue weighted by atomic mass is 15.2. The predicted octanol–water partition coefficient (Wildman–Crippen LogP) is 3.43. The summed E-state index contributed by atoms with van der Waals surface area (Å²) in [6, 6.07) is 12.6. The molecule has 0 unspecified atom stereocenters. The number of rotatable bonds is 1. The number of nitrogens with zero attached hydrogens (tertiary/aromatic N) is 3. The van der Waals surface area contributed by atoms with Gasteiger partial charge in [0.05, 0.1) is 6.04 Å². The molecule has 0 aromatic heterocycles. The third-order valence-electron chi connectivity index (χ3n) is 4.01. The topological polar surface area (TPSA) is 48.5 Å². The van der Waals surface area contributed by atoms with Crippen molar-refractivity contribution >= 4 is 0 Å². The van der Waals surface area contributed by atoms with Gasteiger partial charge in [0.1, 0.15) is 6.07 Å². The third kappa shape index (κ3) is 1.48. The molecule has 1 aliphatic heterocycles. The van der Waals surface area contributed by atoms with Crippen molar-refractivity contribution in [2.45, 2.75) is 37.3 Å². The van der Waals surface area contributed by atoms with Gasteiger partial charge in [0.15, 0.2) is 5.54 Å². The first-order valence-corrected chi connectivity index (χ1v) is 6.25. The highest BCUT2D eigenvalue weighted by molar-refractivity contribution is 5.35. The quantitative estimate of drug-likeness (QED) is 0.722. The molecule has 0 amide bonds. The number of fused-ring (bicyclic) bond motifs is 1. The Morgan fingerprint density at radius 2 is 1.94 bits per heavy atom. The van der Waals surface area contributed by atoms with Crippen molar-refractivity contribution in [3.8, 4) is 6.07 Å². The maximum absolute atomic E-state index is 9.61. The molecule has 2 aliphatic rings. The van der Waals surface area contributed by atoms with E-state index in [2.05, 4.69) is 16.3 Å². The minimum absolute atomic E-state index is 0.267. The van der Waals surface area contributed by atoms with Crippen molar-refractivity contribution in [3.05, 3.63) is 35.9 Å². The molecular weight excluding hydrogens is 210 g/mol. The van der Waals surface area contributed by atoms with Gasteiger partial charge in [0.2, 0.25) is 0 Å². The van der Waals surface area contributed by atoms with E-state index in [9.17, 15) is 5.26 Å². The van der Waals surface area contributed by atoms with E-state index in [0.717, 1.165) is 18.4 Å². The maximum Gasteiger partial charge on any atom is 0.197 e. The van der Waals surface area contributed by atoms with E-state index in [4.69, 9.17) is 0 Å². The van der Waals surface area contributed by atoms with E-state index in [-0.39, 0.29) is 12.0 Å². The highest BCUT2D eigenvalue weighted by Crippen LogP contribution is 2.47. The predicted molar refractivity (Wildman–Crippen MR) is 64.3 cm³/mol. The maximum atomic E-state index is 9.61. The van der Waals surface area contributed by atoms with Gasteiger partial charge in [-0.25, -0.2) is 0 Å². The van der Waals surface area contributed by atoms with Crippen LogP contribution < -0.4 is 0 Å². The fourth-order valence-electron chi connectivity index (χ4n) is 3.11. The molecule has 3 atom stereocenters. The van der Waals surface area contributed by atoms with Crippen molar-refractivity contribution in [2.24, 2.45) is 16.1 Å². The van der Waals surface area contributed by atoms with Crippen molar-refractivity contribution in [1.29, 1.82) is 5.26 Å². The molecule has 0 saturated heterocycles. The van der Waals surface area contributed by atoms with Crippen LogP contribution in [-0.4, -0.2) is 6.04 Å². The molecule has 0 radical (unpaired) electrons. The molecule has 1 saturated carbocycles. The molecule has 1 fully saturated rings. The van der Waals surface area contributed by atoms with Crippen LogP contribution in [0.15, 0.2) is 40.6 Å². The summed E-state index contributed by atoms with van der Waals surface area (Å²) >= 11 is 0. The van der Waals surface area contributed by atoms with Gasteiger partial charge >= 0.3 is 0 Å². The molecule has 3 rings (SSSR count). The van der Waals surface area contributed by atoms with Gasteiger partial charge in [-0.1, -0.05) is 43.2 Å². The van der Waals surface area contributed by atoms with Crippen LogP contribution in [0.4, 0.5) is 0 Å². The molecule has 0 bridgehead atoms. The monoisotopic (exact) mass is 225 g/mol. The normalized spacial score (nSPS) is 35.2. The van der Waals surface area contributed by atoms with E-state index >= 15 is 0 Å². The Morgan fingerprint density at radius 3 is 2.71 bits per heavy atom. The lowest BCUT2D eigenvalue weighted by atomic mass is 9.71. The summed E-state index contributed by atoms with van der Waals surface area (Å²) in [5.41, 5.74) is 0.285. The van der Waals surface area contributed by atoms with Gasteiger partial charge in [-0.3, -0.25) is 0 Å². The largest absolute Gasteiger partial charge is 0.197 e. The molecule has 86 valence electrons. The van der Waals surface area contributed by atoms with Crippen LogP contribution in [0.3, 0.4) is 0 Å². The molecular formula is C14H15N3. The summed E-state index contributed by atoms with van der Waals surface area (Å²) in [5, 5.41) is 18.3. The fourth-order valence-corrected chi connectivity index (χ4v) is 3.11. The lowest BCUT2D eigenvalue weighted by molar-refractivity contribution is 0.268. The van der Waals surface area contributed by atoms with Crippen molar-refractivity contribution in [3.63, 3.8) is 0 Å². The summed E-state index contributed by atoms with van der Waals surface area (Å²) in [7, 11) is 0. The number of hydrogen-bond acceptors (Lipinski definition) is 3. The van der Waals surface area contributed by atoms with Gasteiger partial charge in [-0.2, -0.15) is 15.5 Å². The molecule has 3 nitrogen and oxygen atoms in total. The Labute approximate surface area is 101 Å². The van der Waals surface area contributed by atoms with Crippen LogP contribution in [0.5, 0.6) is 0 Å². The Balaban J connectivity index is 2.04. The minimum Gasteiger partial charge on any atom is -0.195 e. The molecule has 1 aromatic carbocycles. The van der Waals surface area contributed by atoms with Gasteiger partial charge < -0.3 is 0 Å². The van der Waals surface area contributed by atoms with Crippen LogP contribution in [0.1, 0.15) is 31.2 Å². The van der Waals surface area contributed by atoms with Crippen molar-refractivity contribution in [1.82, 2.24) is 0 Å². The van der Waals surface area contributed by atoms with Gasteiger partial charge in [-0.05, 0) is 18.4 Å². The zero-order chi connectivity index (χ0) is 11.7. The summed E-state index contributed by atoms with van der Waals surface area (Å²) in [6.07, 6.45) is 4.57. The van der Waals surface area contributed by atoms with E-state index in [1.54, 1.807) is 0 Å². The second-order valence-electron chi connectivity index (χ2n) is 4.92. The highest BCUT2D eigenvalue weighted by Gasteiger charge is 2.50. The summed E-state index contributed by atoms with van der Waals surface area (Å²) < 4.78 is 0. The molecule has 1 aromatic rings. The van der Waals surface area contributed by atoms with E-state index in [1.807, 2.05) is 30.3 Å².